The van der Waals surface area contributed by atoms with Crippen molar-refractivity contribution in [2.75, 3.05) is 20.1 Å². The highest BCUT2D eigenvalue weighted by Crippen LogP contribution is 2.17. The highest BCUT2D eigenvalue weighted by Gasteiger charge is 2.29. The van der Waals surface area contributed by atoms with Crippen molar-refractivity contribution in [2.45, 2.75) is 39.2 Å². The van der Waals surface area contributed by atoms with Gasteiger partial charge in [0.15, 0.2) is 0 Å². The molecule has 7 nitrogen and oxygen atoms in total. The van der Waals surface area contributed by atoms with Crippen molar-refractivity contribution in [3.63, 3.8) is 0 Å². The Morgan fingerprint density at radius 3 is 2.24 bits per heavy atom. The molecule has 3 amide bonds. The molecule has 1 heterocycles. The normalized spacial score (nSPS) is 17.4. The molecule has 0 aromatic carbocycles. The van der Waals surface area contributed by atoms with Gasteiger partial charge >= 0.3 is 12.0 Å². The molecule has 0 bridgehead atoms. The van der Waals surface area contributed by atoms with Crippen LogP contribution in [0.15, 0.2) is 0 Å². The predicted molar refractivity (Wildman–Crippen MR) is 77.8 cm³/mol. The molecule has 1 unspecified atom stereocenters. The Morgan fingerprint density at radius 1 is 1.24 bits per heavy atom. The van der Waals surface area contributed by atoms with E-state index in [1.165, 1.54) is 0 Å². The fourth-order valence-electron chi connectivity index (χ4n) is 2.48. The smallest absolute Gasteiger partial charge is 0.326 e. The number of nitrogens with one attached hydrogen (secondary N) is 2. The van der Waals surface area contributed by atoms with E-state index in [4.69, 9.17) is 5.11 Å². The van der Waals surface area contributed by atoms with Crippen LogP contribution in [0.4, 0.5) is 4.79 Å². The number of carboxylic acids is 1. The van der Waals surface area contributed by atoms with Crippen molar-refractivity contribution in [2.24, 2.45) is 11.8 Å². The predicted octanol–water partition coefficient (Wildman–Crippen LogP) is 0.653. The monoisotopic (exact) mass is 299 g/mol. The molecular formula is C14H25N3O4. The Bertz CT molecular complexity index is 390. The minimum absolute atomic E-state index is 0.00159. The molecule has 1 aliphatic rings. The number of carbonyl (C=O) groups is 3. The number of likely N-dealkylation sites (tertiary alicyclic amines) is 1. The lowest BCUT2D eigenvalue weighted by Gasteiger charge is -2.32. The Labute approximate surface area is 125 Å². The van der Waals surface area contributed by atoms with Gasteiger partial charge in [-0.25, -0.2) is 9.59 Å². The zero-order valence-corrected chi connectivity index (χ0v) is 12.9. The highest BCUT2D eigenvalue weighted by atomic mass is 16.4. The first-order valence-electron chi connectivity index (χ1n) is 7.35. The Balaban J connectivity index is 2.49. The number of rotatable bonds is 5. The van der Waals surface area contributed by atoms with E-state index in [-0.39, 0.29) is 23.8 Å². The van der Waals surface area contributed by atoms with Gasteiger partial charge in [0, 0.05) is 26.1 Å². The first-order chi connectivity index (χ1) is 9.85. The molecule has 1 rings (SSSR count). The molecule has 1 aliphatic heterocycles. The molecule has 1 fully saturated rings. The van der Waals surface area contributed by atoms with E-state index in [1.54, 1.807) is 11.9 Å². The van der Waals surface area contributed by atoms with Crippen LogP contribution in [0.3, 0.4) is 0 Å². The van der Waals surface area contributed by atoms with Gasteiger partial charge < -0.3 is 20.6 Å². The molecule has 0 radical (unpaired) electrons. The van der Waals surface area contributed by atoms with Gasteiger partial charge in [0.2, 0.25) is 5.91 Å². The van der Waals surface area contributed by atoms with Crippen molar-refractivity contribution >= 4 is 17.9 Å². The van der Waals surface area contributed by atoms with Gasteiger partial charge in [0.05, 0.1) is 0 Å². The molecule has 0 spiro atoms. The second-order valence-corrected chi connectivity index (χ2v) is 5.85. The summed E-state index contributed by atoms with van der Waals surface area (Å²) in [5.74, 6) is -0.897. The molecule has 3 N–H and O–H groups in total. The van der Waals surface area contributed by atoms with Crippen LogP contribution in [0.2, 0.25) is 0 Å². The standard InChI is InChI=1S/C14H25N3O4/c1-9(2)8-11(13(19)20)16-14(21)17-6-4-10(5-7-17)12(18)15-3/h9-11H,4-8H2,1-3H3,(H,15,18)(H,16,21)(H,19,20). The van der Waals surface area contributed by atoms with Gasteiger partial charge in [-0.3, -0.25) is 4.79 Å². The van der Waals surface area contributed by atoms with Gasteiger partial charge in [-0.15, -0.1) is 0 Å². The van der Waals surface area contributed by atoms with E-state index in [2.05, 4.69) is 10.6 Å². The third-order valence-electron chi connectivity index (χ3n) is 3.70. The molecule has 1 atom stereocenters. The number of aliphatic carboxylic acids is 1. The lowest BCUT2D eigenvalue weighted by Crippen LogP contribution is -2.51. The van der Waals surface area contributed by atoms with E-state index in [0.29, 0.717) is 32.4 Å². The lowest BCUT2D eigenvalue weighted by molar-refractivity contribution is -0.139. The topological polar surface area (TPSA) is 98.7 Å². The molecule has 0 aliphatic carbocycles. The van der Waals surface area contributed by atoms with Crippen molar-refractivity contribution in [1.29, 1.82) is 0 Å². The molecule has 0 aromatic rings. The number of hydrogen-bond donors (Lipinski definition) is 3. The number of piperidine rings is 1. The van der Waals surface area contributed by atoms with Crippen molar-refractivity contribution in [1.82, 2.24) is 15.5 Å². The molecular weight excluding hydrogens is 274 g/mol. The van der Waals surface area contributed by atoms with Gasteiger partial charge in [-0.1, -0.05) is 13.8 Å². The summed E-state index contributed by atoms with van der Waals surface area (Å²) in [6.45, 7) is 4.77. The van der Waals surface area contributed by atoms with Gasteiger partial charge in [-0.2, -0.15) is 0 Å². The van der Waals surface area contributed by atoms with E-state index in [0.717, 1.165) is 0 Å². The third-order valence-corrected chi connectivity index (χ3v) is 3.70. The quantitative estimate of drug-likeness (QED) is 0.694. The number of carboxylic acid groups (broad SMARTS) is 1. The second-order valence-electron chi connectivity index (χ2n) is 5.85. The summed E-state index contributed by atoms with van der Waals surface area (Å²) in [4.78, 5) is 36.3. The number of carbonyl (C=O) groups excluding carboxylic acids is 2. The van der Waals surface area contributed by atoms with Crippen LogP contribution >= 0.6 is 0 Å². The molecule has 21 heavy (non-hydrogen) atoms. The number of urea groups is 1. The maximum absolute atomic E-state index is 12.1. The summed E-state index contributed by atoms with van der Waals surface area (Å²) in [6, 6.07) is -1.23. The van der Waals surface area contributed by atoms with Crippen LogP contribution < -0.4 is 10.6 Å². The van der Waals surface area contributed by atoms with Crippen LogP contribution in [0, 0.1) is 11.8 Å². The van der Waals surface area contributed by atoms with E-state index >= 15 is 0 Å². The molecule has 0 aromatic heterocycles. The second kappa shape index (κ2) is 7.85. The zero-order valence-electron chi connectivity index (χ0n) is 12.9. The minimum Gasteiger partial charge on any atom is -0.480 e. The average Bonchev–Trinajstić information content (AvgIpc) is 2.45. The average molecular weight is 299 g/mol. The van der Waals surface area contributed by atoms with Crippen LogP contribution in [0.25, 0.3) is 0 Å². The molecule has 0 saturated carbocycles. The molecule has 120 valence electrons. The Morgan fingerprint density at radius 2 is 1.81 bits per heavy atom. The maximum Gasteiger partial charge on any atom is 0.326 e. The highest BCUT2D eigenvalue weighted by molar-refractivity contribution is 5.83. The van der Waals surface area contributed by atoms with Gasteiger partial charge in [-0.05, 0) is 25.2 Å². The third kappa shape index (κ3) is 5.24. The zero-order chi connectivity index (χ0) is 16.0. The van der Waals surface area contributed by atoms with Crippen LogP contribution in [0.1, 0.15) is 33.1 Å². The van der Waals surface area contributed by atoms with Crippen LogP contribution in [-0.2, 0) is 9.59 Å². The summed E-state index contributed by atoms with van der Waals surface area (Å²) >= 11 is 0. The van der Waals surface area contributed by atoms with Crippen LogP contribution in [0.5, 0.6) is 0 Å². The van der Waals surface area contributed by atoms with E-state index in [9.17, 15) is 14.4 Å². The van der Waals surface area contributed by atoms with Crippen molar-refractivity contribution < 1.29 is 19.5 Å². The first kappa shape index (κ1) is 17.3. The summed E-state index contributed by atoms with van der Waals surface area (Å²) in [5, 5.41) is 14.3. The van der Waals surface area contributed by atoms with E-state index < -0.39 is 12.0 Å². The Hall–Kier alpha value is -1.79. The molecule has 1 saturated heterocycles. The molecule has 7 heteroatoms. The fraction of sp³-hybridized carbons (Fsp3) is 0.786. The summed E-state index contributed by atoms with van der Waals surface area (Å²) in [6.07, 6.45) is 1.61. The van der Waals surface area contributed by atoms with Crippen LogP contribution in [-0.4, -0.2) is 54.1 Å². The SMILES string of the molecule is CNC(=O)C1CCN(C(=O)NC(CC(C)C)C(=O)O)CC1. The number of amides is 3. The lowest BCUT2D eigenvalue weighted by atomic mass is 9.96. The summed E-state index contributed by atoms with van der Waals surface area (Å²) in [7, 11) is 1.60. The summed E-state index contributed by atoms with van der Waals surface area (Å²) in [5.41, 5.74) is 0. The van der Waals surface area contributed by atoms with E-state index in [1.807, 2.05) is 13.8 Å². The maximum atomic E-state index is 12.1. The van der Waals surface area contributed by atoms with Gasteiger partial charge in [0.1, 0.15) is 6.04 Å². The minimum atomic E-state index is -1.02. The summed E-state index contributed by atoms with van der Waals surface area (Å²) < 4.78 is 0. The van der Waals surface area contributed by atoms with Gasteiger partial charge in [0.25, 0.3) is 0 Å². The fourth-order valence-corrected chi connectivity index (χ4v) is 2.48. The van der Waals surface area contributed by atoms with Crippen molar-refractivity contribution in [3.05, 3.63) is 0 Å². The van der Waals surface area contributed by atoms with Crippen molar-refractivity contribution in [3.8, 4) is 0 Å². The Kier molecular flexibility index (Phi) is 6.45. The number of hydrogen-bond acceptors (Lipinski definition) is 3. The largest absolute Gasteiger partial charge is 0.480 e. The first-order valence-corrected chi connectivity index (χ1v) is 7.35. The number of nitrogens with zero attached hydrogens (tertiary/aromatic N) is 1.